The molecule has 1 saturated heterocycles. The molecule has 0 aliphatic carbocycles. The van der Waals surface area contributed by atoms with Gasteiger partial charge in [0.25, 0.3) is 0 Å². The minimum absolute atomic E-state index is 0.0174. The molecular weight excluding hydrogens is 202 g/mol. The first-order chi connectivity index (χ1) is 6.75. The fraction of sp³-hybridized carbons (Fsp3) is 0.400. The maximum absolute atomic E-state index is 9.49. The molecule has 1 aromatic carbocycles. The fourth-order valence-electron chi connectivity index (χ4n) is 1.44. The molecule has 0 saturated carbocycles. The number of hydrogen-bond donors (Lipinski definition) is 2. The Morgan fingerprint density at radius 2 is 2.00 bits per heavy atom. The molecule has 2 N–H and O–H groups in total. The Bertz CT molecular complexity index is 301. The normalized spacial score (nSPS) is 26.4. The molecule has 14 heavy (non-hydrogen) atoms. The second-order valence-corrected chi connectivity index (χ2v) is 3.80. The summed E-state index contributed by atoms with van der Waals surface area (Å²) in [6, 6.07) is 7.37. The SMILES string of the molecule is O[C@@H]1COC[C@H]1Nc1ccc(Cl)cc1. The largest absolute Gasteiger partial charge is 0.388 e. The molecule has 4 heteroatoms. The summed E-state index contributed by atoms with van der Waals surface area (Å²) in [7, 11) is 0. The highest BCUT2D eigenvalue weighted by Crippen LogP contribution is 2.17. The molecule has 1 aliphatic rings. The van der Waals surface area contributed by atoms with Crippen LogP contribution in [0.1, 0.15) is 0 Å². The number of aliphatic hydroxyl groups is 1. The Labute approximate surface area is 87.6 Å². The molecule has 2 atom stereocenters. The van der Waals surface area contributed by atoms with Crippen LogP contribution in [0.4, 0.5) is 5.69 Å². The predicted molar refractivity (Wildman–Crippen MR) is 55.7 cm³/mol. The van der Waals surface area contributed by atoms with Crippen molar-refractivity contribution >= 4 is 17.3 Å². The zero-order valence-corrected chi connectivity index (χ0v) is 8.37. The standard InChI is InChI=1S/C10H12ClNO2/c11-7-1-3-8(4-2-7)12-9-5-14-6-10(9)13/h1-4,9-10,12-13H,5-6H2/t9-,10-/m1/s1. The van der Waals surface area contributed by atoms with Gasteiger partial charge in [-0.2, -0.15) is 0 Å². The summed E-state index contributed by atoms with van der Waals surface area (Å²) in [6.07, 6.45) is -0.425. The van der Waals surface area contributed by atoms with Crippen molar-refractivity contribution < 1.29 is 9.84 Å². The van der Waals surface area contributed by atoms with Gasteiger partial charge in [0.15, 0.2) is 0 Å². The van der Waals surface area contributed by atoms with E-state index in [1.807, 2.05) is 24.3 Å². The van der Waals surface area contributed by atoms with Crippen molar-refractivity contribution in [2.24, 2.45) is 0 Å². The highest BCUT2D eigenvalue weighted by atomic mass is 35.5. The lowest BCUT2D eigenvalue weighted by atomic mass is 10.2. The van der Waals surface area contributed by atoms with Crippen LogP contribution >= 0.6 is 11.6 Å². The van der Waals surface area contributed by atoms with Gasteiger partial charge in [0.2, 0.25) is 0 Å². The molecule has 1 aromatic rings. The van der Waals surface area contributed by atoms with Crippen LogP contribution in [0.3, 0.4) is 0 Å². The predicted octanol–water partition coefficient (Wildman–Crippen LogP) is 1.51. The van der Waals surface area contributed by atoms with Gasteiger partial charge >= 0.3 is 0 Å². The van der Waals surface area contributed by atoms with E-state index in [-0.39, 0.29) is 6.04 Å². The van der Waals surface area contributed by atoms with Crippen molar-refractivity contribution in [2.75, 3.05) is 18.5 Å². The minimum atomic E-state index is -0.425. The van der Waals surface area contributed by atoms with E-state index in [2.05, 4.69) is 5.32 Å². The molecule has 76 valence electrons. The van der Waals surface area contributed by atoms with Crippen LogP contribution in [0.15, 0.2) is 24.3 Å². The van der Waals surface area contributed by atoms with E-state index in [4.69, 9.17) is 16.3 Å². The number of rotatable bonds is 2. The second kappa shape index (κ2) is 4.17. The Morgan fingerprint density at radius 1 is 1.29 bits per heavy atom. The summed E-state index contributed by atoms with van der Waals surface area (Å²) in [5, 5.41) is 13.4. The van der Waals surface area contributed by atoms with E-state index >= 15 is 0 Å². The number of anilines is 1. The summed E-state index contributed by atoms with van der Waals surface area (Å²) in [6.45, 7) is 0.953. The zero-order valence-electron chi connectivity index (χ0n) is 7.61. The Kier molecular flexibility index (Phi) is 2.91. The van der Waals surface area contributed by atoms with Gasteiger partial charge in [-0.05, 0) is 24.3 Å². The number of nitrogens with one attached hydrogen (secondary N) is 1. The van der Waals surface area contributed by atoms with Crippen LogP contribution in [0.2, 0.25) is 5.02 Å². The third kappa shape index (κ3) is 2.18. The summed E-state index contributed by atoms with van der Waals surface area (Å²) >= 11 is 5.76. The number of halogens is 1. The highest BCUT2D eigenvalue weighted by molar-refractivity contribution is 6.30. The van der Waals surface area contributed by atoms with Crippen LogP contribution in [0.5, 0.6) is 0 Å². The smallest absolute Gasteiger partial charge is 0.0996 e. The van der Waals surface area contributed by atoms with E-state index in [1.54, 1.807) is 0 Å². The number of benzene rings is 1. The maximum Gasteiger partial charge on any atom is 0.0996 e. The third-order valence-corrected chi connectivity index (χ3v) is 2.50. The summed E-state index contributed by atoms with van der Waals surface area (Å²) in [4.78, 5) is 0. The van der Waals surface area contributed by atoms with Gasteiger partial charge < -0.3 is 15.2 Å². The molecule has 0 radical (unpaired) electrons. The molecule has 1 fully saturated rings. The molecule has 3 nitrogen and oxygen atoms in total. The van der Waals surface area contributed by atoms with Gasteiger partial charge in [-0.25, -0.2) is 0 Å². The van der Waals surface area contributed by atoms with Crippen molar-refractivity contribution in [1.29, 1.82) is 0 Å². The third-order valence-electron chi connectivity index (χ3n) is 2.25. The quantitative estimate of drug-likeness (QED) is 0.783. The fourth-order valence-corrected chi connectivity index (χ4v) is 1.57. The van der Waals surface area contributed by atoms with Gasteiger partial charge in [0, 0.05) is 10.7 Å². The maximum atomic E-state index is 9.49. The Hall–Kier alpha value is -0.770. The van der Waals surface area contributed by atoms with Gasteiger partial charge in [-0.15, -0.1) is 0 Å². The van der Waals surface area contributed by atoms with Crippen LogP contribution in [0.25, 0.3) is 0 Å². The van der Waals surface area contributed by atoms with E-state index in [9.17, 15) is 5.11 Å². The first kappa shape index (κ1) is 9.77. The number of aliphatic hydroxyl groups excluding tert-OH is 1. The summed E-state index contributed by atoms with van der Waals surface area (Å²) in [5.74, 6) is 0. The van der Waals surface area contributed by atoms with Crippen molar-refractivity contribution in [3.05, 3.63) is 29.3 Å². The number of ether oxygens (including phenoxy) is 1. The average molecular weight is 214 g/mol. The van der Waals surface area contributed by atoms with Gasteiger partial charge in [-0.1, -0.05) is 11.6 Å². The second-order valence-electron chi connectivity index (χ2n) is 3.36. The van der Waals surface area contributed by atoms with Crippen molar-refractivity contribution in [2.45, 2.75) is 12.1 Å². The van der Waals surface area contributed by atoms with Crippen molar-refractivity contribution in [3.8, 4) is 0 Å². The van der Waals surface area contributed by atoms with Crippen LogP contribution in [0, 0.1) is 0 Å². The highest BCUT2D eigenvalue weighted by Gasteiger charge is 2.25. The zero-order chi connectivity index (χ0) is 9.97. The summed E-state index contributed by atoms with van der Waals surface area (Å²) < 4.78 is 5.13. The lowest BCUT2D eigenvalue weighted by Gasteiger charge is -2.15. The van der Waals surface area contributed by atoms with Crippen molar-refractivity contribution in [1.82, 2.24) is 0 Å². The molecular formula is C10H12ClNO2. The topological polar surface area (TPSA) is 41.5 Å². The molecule has 0 spiro atoms. The average Bonchev–Trinajstić information content (AvgIpc) is 2.56. The minimum Gasteiger partial charge on any atom is -0.388 e. The molecule has 1 aliphatic heterocycles. The monoisotopic (exact) mass is 213 g/mol. The molecule has 2 rings (SSSR count). The van der Waals surface area contributed by atoms with Gasteiger partial charge in [0.05, 0.1) is 25.4 Å². The lowest BCUT2D eigenvalue weighted by molar-refractivity contribution is 0.125. The molecule has 0 amide bonds. The van der Waals surface area contributed by atoms with E-state index in [0.717, 1.165) is 5.69 Å². The molecule has 0 bridgehead atoms. The van der Waals surface area contributed by atoms with E-state index in [1.165, 1.54) is 0 Å². The van der Waals surface area contributed by atoms with Crippen LogP contribution in [-0.2, 0) is 4.74 Å². The lowest BCUT2D eigenvalue weighted by Crippen LogP contribution is -2.31. The van der Waals surface area contributed by atoms with E-state index < -0.39 is 6.10 Å². The van der Waals surface area contributed by atoms with Gasteiger partial charge in [-0.3, -0.25) is 0 Å². The van der Waals surface area contributed by atoms with Crippen LogP contribution in [-0.4, -0.2) is 30.5 Å². The van der Waals surface area contributed by atoms with E-state index in [0.29, 0.717) is 18.2 Å². The molecule has 0 unspecified atom stereocenters. The molecule has 0 aromatic heterocycles. The number of hydrogen-bond acceptors (Lipinski definition) is 3. The Balaban J connectivity index is 2.00. The van der Waals surface area contributed by atoms with Gasteiger partial charge in [0.1, 0.15) is 0 Å². The Morgan fingerprint density at radius 3 is 2.57 bits per heavy atom. The summed E-state index contributed by atoms with van der Waals surface area (Å²) in [5.41, 5.74) is 0.948. The van der Waals surface area contributed by atoms with Crippen molar-refractivity contribution in [3.63, 3.8) is 0 Å². The molecule has 1 heterocycles. The first-order valence-corrected chi connectivity index (χ1v) is 4.91. The first-order valence-electron chi connectivity index (χ1n) is 4.53. The van der Waals surface area contributed by atoms with Crippen LogP contribution < -0.4 is 5.32 Å².